The fourth-order valence-electron chi connectivity index (χ4n) is 1.56. The lowest BCUT2D eigenvalue weighted by atomic mass is 10.2. The van der Waals surface area contributed by atoms with Crippen molar-refractivity contribution in [3.8, 4) is 11.6 Å². The molecule has 0 radical (unpaired) electrons. The minimum absolute atomic E-state index is 0.373. The molecule has 5 heteroatoms. The molecule has 0 saturated carbocycles. The van der Waals surface area contributed by atoms with Crippen molar-refractivity contribution < 1.29 is 4.74 Å². The van der Waals surface area contributed by atoms with Gasteiger partial charge in [0.15, 0.2) is 5.82 Å². The SMILES string of the molecule is CCCNc1ncnc(Oc2ccc(C)cc2)c1N. The third-order valence-electron chi connectivity index (χ3n) is 2.63. The molecule has 0 atom stereocenters. The Labute approximate surface area is 112 Å². The molecule has 0 spiro atoms. The number of aromatic nitrogens is 2. The molecule has 0 saturated heterocycles. The van der Waals surface area contributed by atoms with Crippen molar-refractivity contribution in [2.45, 2.75) is 20.3 Å². The van der Waals surface area contributed by atoms with Crippen LogP contribution < -0.4 is 15.8 Å². The number of nitrogen functional groups attached to an aromatic ring is 1. The van der Waals surface area contributed by atoms with Crippen molar-refractivity contribution in [3.05, 3.63) is 36.2 Å². The molecule has 0 aliphatic carbocycles. The molecular formula is C14H18N4O. The topological polar surface area (TPSA) is 73.1 Å². The molecule has 0 bridgehead atoms. The molecule has 1 aromatic heterocycles. The van der Waals surface area contributed by atoms with Crippen molar-refractivity contribution in [1.29, 1.82) is 0 Å². The van der Waals surface area contributed by atoms with Gasteiger partial charge in [-0.15, -0.1) is 0 Å². The Morgan fingerprint density at radius 1 is 1.21 bits per heavy atom. The first-order valence-electron chi connectivity index (χ1n) is 6.29. The summed E-state index contributed by atoms with van der Waals surface area (Å²) in [5.41, 5.74) is 7.59. The summed E-state index contributed by atoms with van der Waals surface area (Å²) in [6, 6.07) is 7.72. The Bertz CT molecular complexity index is 540. The van der Waals surface area contributed by atoms with Crippen LogP contribution in [0.1, 0.15) is 18.9 Å². The Kier molecular flexibility index (Phi) is 4.18. The molecule has 0 aliphatic rings. The number of ether oxygens (including phenoxy) is 1. The van der Waals surface area contributed by atoms with E-state index in [2.05, 4.69) is 22.2 Å². The van der Waals surface area contributed by atoms with E-state index >= 15 is 0 Å². The van der Waals surface area contributed by atoms with Gasteiger partial charge in [-0.25, -0.2) is 4.98 Å². The van der Waals surface area contributed by atoms with Gasteiger partial charge in [0.2, 0.25) is 5.88 Å². The van der Waals surface area contributed by atoms with Crippen LogP contribution in [0.5, 0.6) is 11.6 Å². The monoisotopic (exact) mass is 258 g/mol. The number of rotatable bonds is 5. The Morgan fingerprint density at radius 2 is 1.95 bits per heavy atom. The number of anilines is 2. The smallest absolute Gasteiger partial charge is 0.248 e. The highest BCUT2D eigenvalue weighted by Crippen LogP contribution is 2.29. The maximum Gasteiger partial charge on any atom is 0.248 e. The summed E-state index contributed by atoms with van der Waals surface area (Å²) < 4.78 is 5.67. The van der Waals surface area contributed by atoms with Crippen LogP contribution >= 0.6 is 0 Å². The molecule has 3 N–H and O–H groups in total. The van der Waals surface area contributed by atoms with Crippen LogP contribution in [0.4, 0.5) is 11.5 Å². The van der Waals surface area contributed by atoms with Gasteiger partial charge in [0.25, 0.3) is 0 Å². The van der Waals surface area contributed by atoms with Gasteiger partial charge in [0.1, 0.15) is 17.8 Å². The molecule has 19 heavy (non-hydrogen) atoms. The van der Waals surface area contributed by atoms with E-state index in [0.29, 0.717) is 23.1 Å². The molecule has 2 aromatic rings. The zero-order chi connectivity index (χ0) is 13.7. The number of hydrogen-bond acceptors (Lipinski definition) is 5. The molecule has 1 aromatic carbocycles. The molecule has 0 amide bonds. The Balaban J connectivity index is 2.18. The lowest BCUT2D eigenvalue weighted by molar-refractivity contribution is 0.464. The number of nitrogens with zero attached hydrogens (tertiary/aromatic N) is 2. The van der Waals surface area contributed by atoms with Crippen LogP contribution in [-0.4, -0.2) is 16.5 Å². The van der Waals surface area contributed by atoms with E-state index in [0.717, 1.165) is 13.0 Å². The molecule has 2 rings (SSSR count). The van der Waals surface area contributed by atoms with Crippen LogP contribution in [0.3, 0.4) is 0 Å². The highest BCUT2D eigenvalue weighted by atomic mass is 16.5. The van der Waals surface area contributed by atoms with E-state index in [1.807, 2.05) is 31.2 Å². The zero-order valence-electron chi connectivity index (χ0n) is 11.2. The number of hydrogen-bond donors (Lipinski definition) is 2. The number of nitrogens with one attached hydrogen (secondary N) is 1. The first-order chi connectivity index (χ1) is 9.20. The standard InChI is InChI=1S/C14H18N4O/c1-3-8-16-13-12(15)14(18-9-17-13)19-11-6-4-10(2)5-7-11/h4-7,9H,3,8,15H2,1-2H3,(H,16,17,18). The highest BCUT2D eigenvalue weighted by Gasteiger charge is 2.09. The largest absolute Gasteiger partial charge is 0.437 e. The van der Waals surface area contributed by atoms with E-state index < -0.39 is 0 Å². The molecule has 0 unspecified atom stereocenters. The normalized spacial score (nSPS) is 10.2. The minimum atomic E-state index is 0.373. The average molecular weight is 258 g/mol. The van der Waals surface area contributed by atoms with Crippen LogP contribution in [0, 0.1) is 6.92 Å². The van der Waals surface area contributed by atoms with Gasteiger partial charge in [-0.1, -0.05) is 24.6 Å². The van der Waals surface area contributed by atoms with Crippen molar-refractivity contribution in [1.82, 2.24) is 9.97 Å². The van der Waals surface area contributed by atoms with Gasteiger partial charge in [-0.2, -0.15) is 4.98 Å². The van der Waals surface area contributed by atoms with Crippen molar-refractivity contribution in [3.63, 3.8) is 0 Å². The minimum Gasteiger partial charge on any atom is -0.437 e. The Morgan fingerprint density at radius 3 is 2.63 bits per heavy atom. The van der Waals surface area contributed by atoms with Crippen LogP contribution in [0.25, 0.3) is 0 Å². The number of benzene rings is 1. The summed E-state index contributed by atoms with van der Waals surface area (Å²) in [4.78, 5) is 8.17. The summed E-state index contributed by atoms with van der Waals surface area (Å²) in [7, 11) is 0. The maximum atomic E-state index is 5.99. The predicted octanol–water partition coefficient (Wildman–Crippen LogP) is 2.98. The molecule has 0 fully saturated rings. The fourth-order valence-corrected chi connectivity index (χ4v) is 1.56. The van der Waals surface area contributed by atoms with Gasteiger partial charge in [-0.3, -0.25) is 0 Å². The molecule has 1 heterocycles. The second-order valence-electron chi connectivity index (χ2n) is 4.28. The summed E-state index contributed by atoms with van der Waals surface area (Å²) in [6.45, 7) is 4.91. The maximum absolute atomic E-state index is 5.99. The quantitative estimate of drug-likeness (QED) is 0.862. The summed E-state index contributed by atoms with van der Waals surface area (Å²) in [5, 5.41) is 3.14. The first-order valence-corrected chi connectivity index (χ1v) is 6.29. The van der Waals surface area contributed by atoms with Crippen LogP contribution in [-0.2, 0) is 0 Å². The van der Waals surface area contributed by atoms with E-state index in [1.54, 1.807) is 0 Å². The molecule has 5 nitrogen and oxygen atoms in total. The van der Waals surface area contributed by atoms with Crippen molar-refractivity contribution in [2.75, 3.05) is 17.6 Å². The third kappa shape index (κ3) is 3.34. The van der Waals surface area contributed by atoms with Crippen LogP contribution in [0.15, 0.2) is 30.6 Å². The highest BCUT2D eigenvalue weighted by molar-refractivity contribution is 5.66. The average Bonchev–Trinajstić information content (AvgIpc) is 2.42. The van der Waals surface area contributed by atoms with E-state index in [9.17, 15) is 0 Å². The lowest BCUT2D eigenvalue weighted by Crippen LogP contribution is -2.07. The second kappa shape index (κ2) is 6.04. The fraction of sp³-hybridized carbons (Fsp3) is 0.286. The lowest BCUT2D eigenvalue weighted by Gasteiger charge is -2.11. The third-order valence-corrected chi connectivity index (χ3v) is 2.63. The van der Waals surface area contributed by atoms with E-state index in [1.165, 1.54) is 11.9 Å². The van der Waals surface area contributed by atoms with Gasteiger partial charge in [0.05, 0.1) is 0 Å². The summed E-state index contributed by atoms with van der Waals surface area (Å²) in [5.74, 6) is 1.69. The van der Waals surface area contributed by atoms with E-state index in [-0.39, 0.29) is 0 Å². The van der Waals surface area contributed by atoms with Gasteiger partial charge in [0, 0.05) is 6.54 Å². The summed E-state index contributed by atoms with van der Waals surface area (Å²) >= 11 is 0. The zero-order valence-corrected chi connectivity index (χ0v) is 11.2. The van der Waals surface area contributed by atoms with Crippen LogP contribution in [0.2, 0.25) is 0 Å². The molecule has 0 aliphatic heterocycles. The number of aryl methyl sites for hydroxylation is 1. The summed E-state index contributed by atoms with van der Waals surface area (Å²) in [6.07, 6.45) is 2.44. The predicted molar refractivity (Wildman–Crippen MR) is 76.5 cm³/mol. The molecule has 100 valence electrons. The van der Waals surface area contributed by atoms with Crippen molar-refractivity contribution >= 4 is 11.5 Å². The second-order valence-corrected chi connectivity index (χ2v) is 4.28. The van der Waals surface area contributed by atoms with Gasteiger partial charge < -0.3 is 15.8 Å². The van der Waals surface area contributed by atoms with Gasteiger partial charge in [-0.05, 0) is 25.5 Å². The number of nitrogens with two attached hydrogens (primary N) is 1. The Hall–Kier alpha value is -2.30. The first kappa shape index (κ1) is 13.1. The molecular weight excluding hydrogens is 240 g/mol. The van der Waals surface area contributed by atoms with Gasteiger partial charge >= 0.3 is 0 Å². The van der Waals surface area contributed by atoms with E-state index in [4.69, 9.17) is 10.5 Å². The van der Waals surface area contributed by atoms with Crippen molar-refractivity contribution in [2.24, 2.45) is 0 Å².